The third-order valence-corrected chi connectivity index (χ3v) is 6.57. The van der Waals surface area contributed by atoms with Crippen LogP contribution in [0, 0.1) is 0 Å². The molecule has 0 saturated carbocycles. The van der Waals surface area contributed by atoms with Crippen LogP contribution < -0.4 is 14.8 Å². The standard InChI is InChI=1S/C20H15BrCl2N2O4S/c21-13-4-6-14(7-5-13)25-30(27,28)16-10-8-15(9-11-16)29-12-19(26)24-18-3-1-2-17(22)20(18)23/h1-11,25H,12H2,(H,24,26). The van der Waals surface area contributed by atoms with E-state index in [9.17, 15) is 13.2 Å². The Morgan fingerprint density at radius 1 is 0.967 bits per heavy atom. The average molecular weight is 530 g/mol. The third-order valence-electron chi connectivity index (χ3n) is 3.83. The van der Waals surface area contributed by atoms with Crippen molar-refractivity contribution in [2.24, 2.45) is 0 Å². The quantitative estimate of drug-likeness (QED) is 0.418. The molecule has 0 radical (unpaired) electrons. The first kappa shape index (κ1) is 22.4. The lowest BCUT2D eigenvalue weighted by Gasteiger charge is -2.11. The Morgan fingerprint density at radius 2 is 1.63 bits per heavy atom. The third kappa shape index (κ3) is 5.89. The van der Waals surface area contributed by atoms with E-state index in [-0.39, 0.29) is 16.5 Å². The molecule has 0 aliphatic heterocycles. The number of benzene rings is 3. The topological polar surface area (TPSA) is 84.5 Å². The van der Waals surface area contributed by atoms with Gasteiger partial charge in [-0.1, -0.05) is 45.2 Å². The van der Waals surface area contributed by atoms with E-state index in [0.717, 1.165) is 4.47 Å². The van der Waals surface area contributed by atoms with Gasteiger partial charge in [0.05, 0.1) is 20.6 Å². The number of sulfonamides is 1. The fraction of sp³-hybridized carbons (Fsp3) is 0.0500. The van der Waals surface area contributed by atoms with E-state index in [2.05, 4.69) is 26.0 Å². The summed E-state index contributed by atoms with van der Waals surface area (Å²) in [6.07, 6.45) is 0. The summed E-state index contributed by atoms with van der Waals surface area (Å²) in [5.41, 5.74) is 0.813. The van der Waals surface area contributed by atoms with E-state index >= 15 is 0 Å². The van der Waals surface area contributed by atoms with Gasteiger partial charge in [0.25, 0.3) is 15.9 Å². The van der Waals surface area contributed by atoms with Gasteiger partial charge in [-0.25, -0.2) is 8.42 Å². The first-order valence-electron chi connectivity index (χ1n) is 8.50. The number of carbonyl (C=O) groups excluding carboxylic acids is 1. The van der Waals surface area contributed by atoms with Crippen LogP contribution in [-0.4, -0.2) is 20.9 Å². The fourth-order valence-electron chi connectivity index (χ4n) is 2.38. The van der Waals surface area contributed by atoms with E-state index in [1.54, 1.807) is 42.5 Å². The molecule has 0 bridgehead atoms. The second-order valence-electron chi connectivity index (χ2n) is 6.02. The zero-order valence-corrected chi connectivity index (χ0v) is 19.1. The molecule has 2 N–H and O–H groups in total. The Morgan fingerprint density at radius 3 is 2.30 bits per heavy atom. The van der Waals surface area contributed by atoms with Gasteiger partial charge in [0.2, 0.25) is 0 Å². The van der Waals surface area contributed by atoms with Crippen molar-refractivity contribution in [3.63, 3.8) is 0 Å². The number of hydrogen-bond donors (Lipinski definition) is 2. The molecule has 1 amide bonds. The minimum absolute atomic E-state index is 0.0629. The normalized spacial score (nSPS) is 11.0. The molecule has 0 fully saturated rings. The zero-order chi connectivity index (χ0) is 21.7. The summed E-state index contributed by atoms with van der Waals surface area (Å²) >= 11 is 15.2. The molecular formula is C20H15BrCl2N2O4S. The molecule has 0 aromatic heterocycles. The van der Waals surface area contributed by atoms with Gasteiger partial charge in [0.15, 0.2) is 6.61 Å². The van der Waals surface area contributed by atoms with Crippen LogP contribution in [0.1, 0.15) is 0 Å². The highest BCUT2D eigenvalue weighted by molar-refractivity contribution is 9.10. The van der Waals surface area contributed by atoms with Crippen molar-refractivity contribution in [1.82, 2.24) is 0 Å². The Kier molecular flexibility index (Phi) is 7.25. The molecule has 0 unspecified atom stereocenters. The van der Waals surface area contributed by atoms with Gasteiger partial charge in [0, 0.05) is 10.2 Å². The highest BCUT2D eigenvalue weighted by Crippen LogP contribution is 2.29. The maximum atomic E-state index is 12.5. The summed E-state index contributed by atoms with van der Waals surface area (Å²) in [7, 11) is -3.75. The monoisotopic (exact) mass is 528 g/mol. The molecule has 3 aromatic carbocycles. The number of hydrogen-bond acceptors (Lipinski definition) is 4. The van der Waals surface area contributed by atoms with Crippen LogP contribution >= 0.6 is 39.1 Å². The zero-order valence-electron chi connectivity index (χ0n) is 15.2. The molecule has 3 aromatic rings. The first-order valence-corrected chi connectivity index (χ1v) is 11.5. The minimum atomic E-state index is -3.75. The number of ether oxygens (including phenoxy) is 1. The van der Waals surface area contributed by atoms with Crippen LogP contribution in [0.5, 0.6) is 5.75 Å². The molecule has 156 valence electrons. The van der Waals surface area contributed by atoms with Crippen LogP contribution in [0.4, 0.5) is 11.4 Å². The van der Waals surface area contributed by atoms with E-state index in [4.69, 9.17) is 27.9 Å². The van der Waals surface area contributed by atoms with Gasteiger partial charge in [-0.05, 0) is 60.7 Å². The molecule has 0 saturated heterocycles. The highest BCUT2D eigenvalue weighted by atomic mass is 79.9. The average Bonchev–Trinajstić information content (AvgIpc) is 2.72. The summed E-state index contributed by atoms with van der Waals surface area (Å²) in [5.74, 6) is -0.0993. The van der Waals surface area contributed by atoms with Crippen molar-refractivity contribution in [1.29, 1.82) is 0 Å². The minimum Gasteiger partial charge on any atom is -0.484 e. The van der Waals surface area contributed by atoms with Crippen LogP contribution in [0.3, 0.4) is 0 Å². The van der Waals surface area contributed by atoms with Crippen molar-refractivity contribution in [3.8, 4) is 5.75 Å². The Balaban J connectivity index is 1.59. The second-order valence-corrected chi connectivity index (χ2v) is 9.41. The number of carbonyl (C=O) groups is 1. The number of rotatable bonds is 7. The van der Waals surface area contributed by atoms with Crippen molar-refractivity contribution in [2.75, 3.05) is 16.6 Å². The lowest BCUT2D eigenvalue weighted by atomic mass is 10.3. The Bertz CT molecular complexity index is 1150. The largest absolute Gasteiger partial charge is 0.484 e. The van der Waals surface area contributed by atoms with Gasteiger partial charge in [-0.15, -0.1) is 0 Å². The highest BCUT2D eigenvalue weighted by Gasteiger charge is 2.15. The van der Waals surface area contributed by atoms with Crippen LogP contribution in [0.15, 0.2) is 76.1 Å². The van der Waals surface area contributed by atoms with Crippen molar-refractivity contribution in [2.45, 2.75) is 4.90 Å². The molecule has 0 spiro atoms. The van der Waals surface area contributed by atoms with Crippen molar-refractivity contribution < 1.29 is 17.9 Å². The van der Waals surface area contributed by atoms with Gasteiger partial charge in [0.1, 0.15) is 5.75 Å². The lowest BCUT2D eigenvalue weighted by Crippen LogP contribution is -2.20. The molecular weight excluding hydrogens is 515 g/mol. The Labute approximate surface area is 192 Å². The predicted octanol–water partition coefficient (Wildman–Crippen LogP) is 5.57. The molecule has 10 heteroatoms. The molecule has 0 heterocycles. The Hall–Kier alpha value is -2.26. The van der Waals surface area contributed by atoms with E-state index in [1.165, 1.54) is 24.3 Å². The number of amides is 1. The van der Waals surface area contributed by atoms with E-state index in [1.807, 2.05) is 0 Å². The summed E-state index contributed by atoms with van der Waals surface area (Å²) in [4.78, 5) is 12.1. The predicted molar refractivity (Wildman–Crippen MR) is 122 cm³/mol. The number of anilines is 2. The van der Waals surface area contributed by atoms with Gasteiger partial charge < -0.3 is 10.1 Å². The van der Waals surface area contributed by atoms with Gasteiger partial charge in [-0.3, -0.25) is 9.52 Å². The van der Waals surface area contributed by atoms with Crippen molar-refractivity contribution in [3.05, 3.63) is 81.2 Å². The van der Waals surface area contributed by atoms with Gasteiger partial charge >= 0.3 is 0 Å². The van der Waals surface area contributed by atoms with Crippen molar-refractivity contribution >= 4 is 66.4 Å². The van der Waals surface area contributed by atoms with E-state index in [0.29, 0.717) is 22.1 Å². The lowest BCUT2D eigenvalue weighted by molar-refractivity contribution is -0.118. The maximum absolute atomic E-state index is 12.5. The fourth-order valence-corrected chi connectivity index (χ4v) is 4.05. The maximum Gasteiger partial charge on any atom is 0.262 e. The number of nitrogens with one attached hydrogen (secondary N) is 2. The molecule has 3 rings (SSSR count). The first-order chi connectivity index (χ1) is 14.2. The summed E-state index contributed by atoms with van der Waals surface area (Å²) in [5, 5.41) is 3.16. The smallest absolute Gasteiger partial charge is 0.262 e. The van der Waals surface area contributed by atoms with Crippen LogP contribution in [0.25, 0.3) is 0 Å². The molecule has 0 aliphatic carbocycles. The van der Waals surface area contributed by atoms with Gasteiger partial charge in [-0.2, -0.15) is 0 Å². The van der Waals surface area contributed by atoms with E-state index < -0.39 is 15.9 Å². The molecule has 0 atom stereocenters. The SMILES string of the molecule is O=C(COc1ccc(S(=O)(=O)Nc2ccc(Br)cc2)cc1)Nc1cccc(Cl)c1Cl. The molecule has 0 aliphatic rings. The number of halogens is 3. The molecule has 30 heavy (non-hydrogen) atoms. The molecule has 6 nitrogen and oxygen atoms in total. The van der Waals surface area contributed by atoms with Crippen LogP contribution in [0.2, 0.25) is 10.0 Å². The van der Waals surface area contributed by atoms with Crippen LogP contribution in [-0.2, 0) is 14.8 Å². The summed E-state index contributed by atoms with van der Waals surface area (Å²) in [6, 6.07) is 17.4. The summed E-state index contributed by atoms with van der Waals surface area (Å²) < 4.78 is 33.7. The second kappa shape index (κ2) is 9.70. The summed E-state index contributed by atoms with van der Waals surface area (Å²) in [6.45, 7) is -0.286.